The van der Waals surface area contributed by atoms with Crippen molar-refractivity contribution in [1.29, 1.82) is 0 Å². The first-order valence-electron chi connectivity index (χ1n) is 6.24. The number of thiophene rings is 1. The van der Waals surface area contributed by atoms with Gasteiger partial charge in [0.15, 0.2) is 0 Å². The summed E-state index contributed by atoms with van der Waals surface area (Å²) in [6.07, 6.45) is 6.16. The molecule has 2 aromatic rings. The third-order valence-corrected chi connectivity index (χ3v) is 5.13. The largest absolute Gasteiger partial charge is 0.148 e. The molecule has 0 radical (unpaired) electrons. The van der Waals surface area contributed by atoms with Crippen molar-refractivity contribution in [3.05, 3.63) is 69.9 Å². The first kappa shape index (κ1) is 9.67. The number of hydrogen-bond donors (Lipinski definition) is 0. The molecule has 0 spiro atoms. The van der Waals surface area contributed by atoms with Crippen LogP contribution in [-0.2, 0) is 0 Å². The Hall–Kier alpha value is -1.34. The van der Waals surface area contributed by atoms with Gasteiger partial charge in [0.1, 0.15) is 0 Å². The van der Waals surface area contributed by atoms with Crippen molar-refractivity contribution in [3.8, 4) is 0 Å². The van der Waals surface area contributed by atoms with Gasteiger partial charge in [-0.05, 0) is 34.9 Å². The molecule has 0 N–H and O–H groups in total. The van der Waals surface area contributed by atoms with E-state index in [0.29, 0.717) is 17.8 Å². The summed E-state index contributed by atoms with van der Waals surface area (Å²) in [6.45, 7) is 0. The minimum absolute atomic E-state index is 0.606. The van der Waals surface area contributed by atoms with Crippen LogP contribution in [0.15, 0.2) is 53.9 Å². The fraction of sp³-hybridized carbons (Fsp3) is 0.250. The van der Waals surface area contributed by atoms with Crippen molar-refractivity contribution in [3.63, 3.8) is 0 Å². The van der Waals surface area contributed by atoms with Crippen LogP contribution in [0.1, 0.15) is 40.2 Å². The fourth-order valence-corrected chi connectivity index (χ4v) is 4.27. The van der Waals surface area contributed by atoms with Gasteiger partial charge in [0.25, 0.3) is 0 Å². The lowest BCUT2D eigenvalue weighted by Crippen LogP contribution is -2.08. The highest BCUT2D eigenvalue weighted by molar-refractivity contribution is 7.10. The molecule has 2 bridgehead atoms. The summed E-state index contributed by atoms with van der Waals surface area (Å²) >= 11 is 1.89. The minimum atomic E-state index is 0.606. The molecule has 3 atom stereocenters. The minimum Gasteiger partial charge on any atom is -0.148 e. The molecule has 0 saturated carbocycles. The lowest BCUT2D eigenvalue weighted by molar-refractivity contribution is 0.570. The molecule has 2 aliphatic carbocycles. The second-order valence-electron chi connectivity index (χ2n) is 5.00. The van der Waals surface area contributed by atoms with Crippen LogP contribution in [0.5, 0.6) is 0 Å². The fourth-order valence-electron chi connectivity index (χ4n) is 3.40. The Kier molecular flexibility index (Phi) is 2.03. The van der Waals surface area contributed by atoms with Crippen LogP contribution in [0.4, 0.5) is 0 Å². The summed E-state index contributed by atoms with van der Waals surface area (Å²) in [5, 5.41) is 2.19. The number of rotatable bonds is 1. The molecule has 17 heavy (non-hydrogen) atoms. The molecule has 0 nitrogen and oxygen atoms in total. The summed E-state index contributed by atoms with van der Waals surface area (Å²) in [7, 11) is 0. The van der Waals surface area contributed by atoms with Gasteiger partial charge < -0.3 is 0 Å². The highest BCUT2D eigenvalue weighted by Gasteiger charge is 2.37. The molecule has 2 aliphatic rings. The number of fused-ring (bicyclic) bond motifs is 5. The van der Waals surface area contributed by atoms with Gasteiger partial charge in [-0.3, -0.25) is 0 Å². The predicted octanol–water partition coefficient (Wildman–Crippen LogP) is 4.67. The van der Waals surface area contributed by atoms with Crippen molar-refractivity contribution < 1.29 is 0 Å². The van der Waals surface area contributed by atoms with Crippen LogP contribution in [0.3, 0.4) is 0 Å². The molecule has 1 aromatic heterocycles. The third-order valence-electron chi connectivity index (χ3n) is 4.16. The zero-order valence-electron chi connectivity index (χ0n) is 9.54. The average molecular weight is 238 g/mol. The van der Waals surface area contributed by atoms with E-state index in [9.17, 15) is 0 Å². The molecular formula is C16H14S. The van der Waals surface area contributed by atoms with Crippen LogP contribution in [-0.4, -0.2) is 0 Å². The van der Waals surface area contributed by atoms with Crippen molar-refractivity contribution in [1.82, 2.24) is 0 Å². The second-order valence-corrected chi connectivity index (χ2v) is 5.98. The van der Waals surface area contributed by atoms with Crippen LogP contribution < -0.4 is 0 Å². The first-order valence-corrected chi connectivity index (χ1v) is 7.12. The van der Waals surface area contributed by atoms with Crippen molar-refractivity contribution in [2.75, 3.05) is 0 Å². The standard InChI is InChI=1S/C16H14S/c1-2-5-13-12(4-1)11-7-8-14(15(13)10-11)16-6-3-9-17-16/h1-9,11,14-15H,10H2/t11-,14+,15+/m1/s1. The lowest BCUT2D eigenvalue weighted by atomic mass is 9.82. The van der Waals surface area contributed by atoms with Crippen molar-refractivity contribution >= 4 is 11.3 Å². The smallest absolute Gasteiger partial charge is 0.0182 e. The molecule has 0 amide bonds. The molecular weight excluding hydrogens is 224 g/mol. The maximum Gasteiger partial charge on any atom is 0.0182 e. The Morgan fingerprint density at radius 1 is 0.941 bits per heavy atom. The predicted molar refractivity (Wildman–Crippen MR) is 72.7 cm³/mol. The maximum atomic E-state index is 2.44. The maximum absolute atomic E-state index is 2.44. The molecule has 0 unspecified atom stereocenters. The number of hydrogen-bond acceptors (Lipinski definition) is 1. The van der Waals surface area contributed by atoms with Gasteiger partial charge in [-0.2, -0.15) is 0 Å². The van der Waals surface area contributed by atoms with E-state index in [0.717, 1.165) is 0 Å². The Bertz CT molecular complexity index is 565. The van der Waals surface area contributed by atoms with Gasteiger partial charge >= 0.3 is 0 Å². The Balaban J connectivity index is 1.84. The van der Waals surface area contributed by atoms with Crippen molar-refractivity contribution in [2.45, 2.75) is 24.2 Å². The molecule has 4 rings (SSSR count). The molecule has 1 aromatic carbocycles. The van der Waals surface area contributed by atoms with E-state index in [1.54, 1.807) is 11.1 Å². The highest BCUT2D eigenvalue weighted by Crippen LogP contribution is 2.53. The SMILES string of the molecule is C1=C[C@H](c2cccs2)[C@H]2C[C@@H]1c1ccccc12. The summed E-state index contributed by atoms with van der Waals surface area (Å²) in [6, 6.07) is 13.4. The third kappa shape index (κ3) is 1.35. The normalized spacial score (nSPS) is 29.3. The van der Waals surface area contributed by atoms with Gasteiger partial charge in [-0.1, -0.05) is 42.5 Å². The van der Waals surface area contributed by atoms with Crippen LogP contribution in [0.2, 0.25) is 0 Å². The Labute approximate surface area is 106 Å². The monoisotopic (exact) mass is 238 g/mol. The van der Waals surface area contributed by atoms with E-state index in [1.807, 2.05) is 11.3 Å². The lowest BCUT2D eigenvalue weighted by Gasteiger charge is -2.23. The van der Waals surface area contributed by atoms with Gasteiger partial charge in [-0.15, -0.1) is 11.3 Å². The highest BCUT2D eigenvalue weighted by atomic mass is 32.1. The van der Waals surface area contributed by atoms with E-state index >= 15 is 0 Å². The molecule has 84 valence electrons. The zero-order valence-corrected chi connectivity index (χ0v) is 10.4. The summed E-state index contributed by atoms with van der Waals surface area (Å²) in [5.41, 5.74) is 3.15. The van der Waals surface area contributed by atoms with Gasteiger partial charge in [0, 0.05) is 16.7 Å². The Morgan fingerprint density at radius 2 is 1.82 bits per heavy atom. The van der Waals surface area contributed by atoms with Gasteiger partial charge in [0.2, 0.25) is 0 Å². The van der Waals surface area contributed by atoms with E-state index in [4.69, 9.17) is 0 Å². The number of benzene rings is 1. The quantitative estimate of drug-likeness (QED) is 0.633. The van der Waals surface area contributed by atoms with E-state index in [-0.39, 0.29) is 0 Å². The summed E-state index contributed by atoms with van der Waals surface area (Å²) < 4.78 is 0. The van der Waals surface area contributed by atoms with Crippen LogP contribution >= 0.6 is 11.3 Å². The zero-order chi connectivity index (χ0) is 11.2. The molecule has 0 aliphatic heterocycles. The van der Waals surface area contributed by atoms with Crippen molar-refractivity contribution in [2.24, 2.45) is 0 Å². The topological polar surface area (TPSA) is 0 Å². The molecule has 0 saturated heterocycles. The molecule has 0 fully saturated rings. The van der Waals surface area contributed by atoms with Gasteiger partial charge in [0.05, 0.1) is 0 Å². The summed E-state index contributed by atoms with van der Waals surface area (Å²) in [4.78, 5) is 1.52. The summed E-state index contributed by atoms with van der Waals surface area (Å²) in [5.74, 6) is 1.99. The second kappa shape index (κ2) is 3.58. The van der Waals surface area contributed by atoms with E-state index in [2.05, 4.69) is 53.9 Å². The molecule has 1 heteroatoms. The van der Waals surface area contributed by atoms with E-state index < -0.39 is 0 Å². The number of allylic oxidation sites excluding steroid dienone is 2. The molecule has 1 heterocycles. The van der Waals surface area contributed by atoms with Crippen LogP contribution in [0, 0.1) is 0 Å². The average Bonchev–Trinajstić information content (AvgIpc) is 3.00. The Morgan fingerprint density at radius 3 is 2.65 bits per heavy atom. The first-order chi connectivity index (χ1) is 8.43. The van der Waals surface area contributed by atoms with E-state index in [1.165, 1.54) is 11.3 Å². The van der Waals surface area contributed by atoms with Crippen LogP contribution in [0.25, 0.3) is 0 Å². The van der Waals surface area contributed by atoms with Gasteiger partial charge in [-0.25, -0.2) is 0 Å².